The Balaban J connectivity index is 2.19. The van der Waals surface area contributed by atoms with Crippen molar-refractivity contribution in [2.45, 2.75) is 6.92 Å². The topological polar surface area (TPSA) is 55.4 Å². The van der Waals surface area contributed by atoms with Gasteiger partial charge in [0.05, 0.1) is 43.6 Å². The SMILES string of the molecule is CCNc1cncc(NCCOCCOC)c1. The van der Waals surface area contributed by atoms with Crippen molar-refractivity contribution < 1.29 is 9.47 Å². The molecule has 2 N–H and O–H groups in total. The van der Waals surface area contributed by atoms with E-state index in [1.807, 2.05) is 12.3 Å². The van der Waals surface area contributed by atoms with Crippen molar-refractivity contribution in [1.82, 2.24) is 4.98 Å². The van der Waals surface area contributed by atoms with Crippen LogP contribution >= 0.6 is 0 Å². The number of anilines is 2. The van der Waals surface area contributed by atoms with Crippen LogP contribution in [0.2, 0.25) is 0 Å². The van der Waals surface area contributed by atoms with Crippen molar-refractivity contribution in [2.24, 2.45) is 0 Å². The number of ether oxygens (including phenoxy) is 2. The molecule has 5 heteroatoms. The number of methoxy groups -OCH3 is 1. The summed E-state index contributed by atoms with van der Waals surface area (Å²) in [4.78, 5) is 4.15. The third-order valence-electron chi connectivity index (χ3n) is 2.13. The van der Waals surface area contributed by atoms with Gasteiger partial charge >= 0.3 is 0 Å². The maximum absolute atomic E-state index is 5.35. The van der Waals surface area contributed by atoms with E-state index in [0.717, 1.165) is 24.5 Å². The number of rotatable bonds is 9. The Morgan fingerprint density at radius 3 is 2.59 bits per heavy atom. The lowest BCUT2D eigenvalue weighted by atomic mass is 10.3. The van der Waals surface area contributed by atoms with Gasteiger partial charge in [0.25, 0.3) is 0 Å². The van der Waals surface area contributed by atoms with Crippen LogP contribution in [0.4, 0.5) is 11.4 Å². The van der Waals surface area contributed by atoms with Crippen LogP contribution in [0.5, 0.6) is 0 Å². The van der Waals surface area contributed by atoms with Crippen molar-refractivity contribution in [3.05, 3.63) is 18.5 Å². The van der Waals surface area contributed by atoms with Gasteiger partial charge in [-0.25, -0.2) is 0 Å². The summed E-state index contributed by atoms with van der Waals surface area (Å²) in [5.74, 6) is 0. The molecule has 0 amide bonds. The van der Waals surface area contributed by atoms with E-state index < -0.39 is 0 Å². The lowest BCUT2D eigenvalue weighted by molar-refractivity contribution is 0.0759. The number of pyridine rings is 1. The van der Waals surface area contributed by atoms with E-state index in [4.69, 9.17) is 9.47 Å². The highest BCUT2D eigenvalue weighted by molar-refractivity contribution is 5.53. The van der Waals surface area contributed by atoms with Crippen molar-refractivity contribution in [3.63, 3.8) is 0 Å². The van der Waals surface area contributed by atoms with Crippen molar-refractivity contribution in [2.75, 3.05) is 50.7 Å². The third-order valence-corrected chi connectivity index (χ3v) is 2.13. The Kier molecular flexibility index (Phi) is 7.09. The van der Waals surface area contributed by atoms with Gasteiger partial charge in [0.2, 0.25) is 0 Å². The average Bonchev–Trinajstić information content (AvgIpc) is 2.35. The zero-order valence-electron chi connectivity index (χ0n) is 10.5. The van der Waals surface area contributed by atoms with Gasteiger partial charge in [0, 0.05) is 20.2 Å². The van der Waals surface area contributed by atoms with Gasteiger partial charge in [0.15, 0.2) is 0 Å². The van der Waals surface area contributed by atoms with Gasteiger partial charge in [-0.05, 0) is 13.0 Å². The molecule has 0 bridgehead atoms. The number of nitrogens with zero attached hydrogens (tertiary/aromatic N) is 1. The minimum absolute atomic E-state index is 0.633. The van der Waals surface area contributed by atoms with E-state index in [1.165, 1.54) is 0 Å². The average molecular weight is 239 g/mol. The van der Waals surface area contributed by atoms with Crippen LogP contribution in [0.25, 0.3) is 0 Å². The smallest absolute Gasteiger partial charge is 0.0701 e. The minimum atomic E-state index is 0.633. The first kappa shape index (κ1) is 13.7. The molecule has 0 saturated heterocycles. The lowest BCUT2D eigenvalue weighted by Gasteiger charge is -2.08. The van der Waals surface area contributed by atoms with Gasteiger partial charge in [-0.3, -0.25) is 4.98 Å². The fraction of sp³-hybridized carbons (Fsp3) is 0.583. The van der Waals surface area contributed by atoms with Crippen LogP contribution in [0, 0.1) is 0 Å². The van der Waals surface area contributed by atoms with E-state index in [-0.39, 0.29) is 0 Å². The molecule has 1 heterocycles. The molecule has 0 aliphatic carbocycles. The van der Waals surface area contributed by atoms with Gasteiger partial charge in [0.1, 0.15) is 0 Å². The molecule has 0 fully saturated rings. The lowest BCUT2D eigenvalue weighted by Crippen LogP contribution is -2.12. The zero-order chi connectivity index (χ0) is 12.3. The van der Waals surface area contributed by atoms with Crippen LogP contribution in [-0.4, -0.2) is 45.0 Å². The summed E-state index contributed by atoms with van der Waals surface area (Å²) in [5, 5.41) is 6.47. The molecule has 0 unspecified atom stereocenters. The van der Waals surface area contributed by atoms with Gasteiger partial charge in [-0.1, -0.05) is 0 Å². The summed E-state index contributed by atoms with van der Waals surface area (Å²) >= 11 is 0. The van der Waals surface area contributed by atoms with Crippen LogP contribution in [0.15, 0.2) is 18.5 Å². The van der Waals surface area contributed by atoms with E-state index in [9.17, 15) is 0 Å². The molecule has 0 aliphatic heterocycles. The van der Waals surface area contributed by atoms with Crippen LogP contribution in [0.1, 0.15) is 6.92 Å². The van der Waals surface area contributed by atoms with Gasteiger partial charge in [-0.2, -0.15) is 0 Å². The normalized spacial score (nSPS) is 10.2. The summed E-state index contributed by atoms with van der Waals surface area (Å²) in [5.41, 5.74) is 2.02. The maximum atomic E-state index is 5.35. The number of nitrogens with one attached hydrogen (secondary N) is 2. The minimum Gasteiger partial charge on any atom is -0.384 e. The molecule has 1 rings (SSSR count). The molecule has 0 atom stereocenters. The quantitative estimate of drug-likeness (QED) is 0.641. The molecule has 17 heavy (non-hydrogen) atoms. The van der Waals surface area contributed by atoms with E-state index >= 15 is 0 Å². The highest BCUT2D eigenvalue weighted by Gasteiger charge is 1.95. The summed E-state index contributed by atoms with van der Waals surface area (Å²) in [6.07, 6.45) is 3.61. The first-order valence-electron chi connectivity index (χ1n) is 5.86. The molecule has 0 radical (unpaired) electrons. The second kappa shape index (κ2) is 8.78. The molecule has 1 aromatic heterocycles. The third kappa shape index (κ3) is 6.09. The fourth-order valence-electron chi connectivity index (χ4n) is 1.35. The Hall–Kier alpha value is -1.33. The Morgan fingerprint density at radius 2 is 1.88 bits per heavy atom. The highest BCUT2D eigenvalue weighted by atomic mass is 16.5. The Morgan fingerprint density at radius 1 is 1.12 bits per heavy atom. The maximum Gasteiger partial charge on any atom is 0.0701 e. The molecule has 96 valence electrons. The number of hydrogen-bond donors (Lipinski definition) is 2. The molecule has 0 saturated carbocycles. The van der Waals surface area contributed by atoms with E-state index in [0.29, 0.717) is 19.8 Å². The van der Waals surface area contributed by atoms with E-state index in [1.54, 1.807) is 13.3 Å². The molecule has 5 nitrogen and oxygen atoms in total. The predicted octanol–water partition coefficient (Wildman–Crippen LogP) is 1.59. The molecular formula is C12H21N3O2. The van der Waals surface area contributed by atoms with Crippen molar-refractivity contribution in [1.29, 1.82) is 0 Å². The fourth-order valence-corrected chi connectivity index (χ4v) is 1.35. The van der Waals surface area contributed by atoms with Crippen molar-refractivity contribution >= 4 is 11.4 Å². The number of aromatic nitrogens is 1. The summed E-state index contributed by atoms with van der Waals surface area (Å²) in [7, 11) is 1.67. The zero-order valence-corrected chi connectivity index (χ0v) is 10.5. The van der Waals surface area contributed by atoms with Crippen LogP contribution in [0.3, 0.4) is 0 Å². The van der Waals surface area contributed by atoms with Gasteiger partial charge in [-0.15, -0.1) is 0 Å². The Bertz CT molecular complexity index is 308. The molecule has 0 aromatic carbocycles. The summed E-state index contributed by atoms with van der Waals surface area (Å²) in [6.45, 7) is 5.65. The molecule has 0 aliphatic rings. The predicted molar refractivity (Wildman–Crippen MR) is 69.6 cm³/mol. The second-order valence-electron chi connectivity index (χ2n) is 3.52. The van der Waals surface area contributed by atoms with Crippen LogP contribution < -0.4 is 10.6 Å². The van der Waals surface area contributed by atoms with Crippen LogP contribution in [-0.2, 0) is 9.47 Å². The molecule has 1 aromatic rings. The largest absolute Gasteiger partial charge is 0.384 e. The molecule has 0 spiro atoms. The summed E-state index contributed by atoms with van der Waals surface area (Å²) < 4.78 is 10.2. The first-order valence-corrected chi connectivity index (χ1v) is 5.86. The first-order chi connectivity index (χ1) is 8.36. The monoisotopic (exact) mass is 239 g/mol. The summed E-state index contributed by atoms with van der Waals surface area (Å²) in [6, 6.07) is 2.03. The van der Waals surface area contributed by atoms with E-state index in [2.05, 4.69) is 22.5 Å². The highest BCUT2D eigenvalue weighted by Crippen LogP contribution is 2.11. The standard InChI is InChI=1S/C12H21N3O2/c1-3-14-11-8-12(10-13-9-11)15-4-5-17-7-6-16-2/h8-10,14-15H,3-7H2,1-2H3. The Labute approximate surface area is 103 Å². The molecular weight excluding hydrogens is 218 g/mol. The number of hydrogen-bond acceptors (Lipinski definition) is 5. The van der Waals surface area contributed by atoms with Crippen molar-refractivity contribution in [3.8, 4) is 0 Å². The van der Waals surface area contributed by atoms with Gasteiger partial charge < -0.3 is 20.1 Å². The second-order valence-corrected chi connectivity index (χ2v) is 3.52.